The summed E-state index contributed by atoms with van der Waals surface area (Å²) in [6.07, 6.45) is 1.85. The summed E-state index contributed by atoms with van der Waals surface area (Å²) in [5, 5.41) is 5.89. The van der Waals surface area contributed by atoms with Gasteiger partial charge in [0.25, 0.3) is 5.91 Å². The summed E-state index contributed by atoms with van der Waals surface area (Å²) in [5.41, 5.74) is 0.238. The number of sulfonamides is 1. The van der Waals surface area contributed by atoms with Crippen molar-refractivity contribution in [3.8, 4) is 0 Å². The smallest absolute Gasteiger partial charge is 0.308 e. The van der Waals surface area contributed by atoms with Crippen LogP contribution in [0.2, 0.25) is 5.02 Å². The van der Waals surface area contributed by atoms with Crippen molar-refractivity contribution in [2.75, 3.05) is 13.1 Å². The van der Waals surface area contributed by atoms with E-state index < -0.39 is 33.5 Å². The Morgan fingerprint density at radius 2 is 1.84 bits per heavy atom. The van der Waals surface area contributed by atoms with Crippen molar-refractivity contribution >= 4 is 39.4 Å². The molecule has 0 radical (unpaired) electrons. The molecule has 1 fully saturated rings. The fourth-order valence-corrected chi connectivity index (χ4v) is 5.80. The fraction of sp³-hybridized carbons (Fsp3) is 0.444. The first-order chi connectivity index (χ1) is 17.9. The Morgan fingerprint density at radius 1 is 1.13 bits per heavy atom. The van der Waals surface area contributed by atoms with Crippen molar-refractivity contribution in [2.24, 2.45) is 0 Å². The Hall–Kier alpha value is -2.95. The number of nitrogens with one attached hydrogen (secondary N) is 2. The maximum absolute atomic E-state index is 13.7. The van der Waals surface area contributed by atoms with Crippen LogP contribution in [0.5, 0.6) is 0 Å². The van der Waals surface area contributed by atoms with Gasteiger partial charge >= 0.3 is 5.97 Å². The van der Waals surface area contributed by atoms with Gasteiger partial charge in [0.05, 0.1) is 11.3 Å². The van der Waals surface area contributed by atoms with Gasteiger partial charge < -0.3 is 15.4 Å². The van der Waals surface area contributed by atoms with E-state index in [9.17, 15) is 22.8 Å². The van der Waals surface area contributed by atoms with Gasteiger partial charge in [-0.3, -0.25) is 14.4 Å². The van der Waals surface area contributed by atoms with E-state index in [1.54, 1.807) is 45.0 Å². The first-order valence-electron chi connectivity index (χ1n) is 12.5. The van der Waals surface area contributed by atoms with Crippen molar-refractivity contribution in [1.29, 1.82) is 0 Å². The predicted molar refractivity (Wildman–Crippen MR) is 144 cm³/mol. The molecule has 0 saturated carbocycles. The number of carbonyl (C=O) groups excluding carboxylic acids is 3. The molecule has 0 aliphatic carbocycles. The molecular weight excluding hydrogens is 530 g/mol. The van der Waals surface area contributed by atoms with Crippen LogP contribution in [-0.2, 0) is 30.9 Å². The minimum Gasteiger partial charge on any atom is -0.460 e. The van der Waals surface area contributed by atoms with Crippen molar-refractivity contribution < 1.29 is 27.5 Å². The summed E-state index contributed by atoms with van der Waals surface area (Å²) in [6.45, 7) is 5.78. The third kappa shape index (κ3) is 8.28. The average molecular weight is 564 g/mol. The number of rotatable bonds is 9. The number of halogens is 1. The lowest BCUT2D eigenvalue weighted by Gasteiger charge is -2.29. The second-order valence-electron chi connectivity index (χ2n) is 10.1. The summed E-state index contributed by atoms with van der Waals surface area (Å²) in [7, 11) is -4.07. The molecule has 1 aliphatic heterocycles. The Labute approximate surface area is 228 Å². The normalized spacial score (nSPS) is 16.4. The SMILES string of the molecule is CC(C)(C)OC(=O)CCNC(=O)c1cccc(CN(C2CCCCNC2=O)S(=O)(=O)c2ccc(Cl)cc2)c1. The highest BCUT2D eigenvalue weighted by Crippen LogP contribution is 2.26. The third-order valence-electron chi connectivity index (χ3n) is 5.84. The minimum atomic E-state index is -4.07. The summed E-state index contributed by atoms with van der Waals surface area (Å²) in [5.74, 6) is -1.18. The van der Waals surface area contributed by atoms with Crippen molar-refractivity contribution in [3.05, 3.63) is 64.7 Å². The summed E-state index contributed by atoms with van der Waals surface area (Å²) in [6, 6.07) is 11.4. The van der Waals surface area contributed by atoms with Crippen LogP contribution in [0.4, 0.5) is 0 Å². The predicted octanol–water partition coefficient (Wildman–Crippen LogP) is 3.66. The minimum absolute atomic E-state index is 0.0204. The maximum atomic E-state index is 13.7. The zero-order valence-corrected chi connectivity index (χ0v) is 23.4. The lowest BCUT2D eigenvalue weighted by Crippen LogP contribution is -2.48. The molecule has 1 saturated heterocycles. The molecule has 11 heteroatoms. The standard InChI is InChI=1S/C27H34ClN3O6S/c1-27(2,3)37-24(32)14-16-30-25(33)20-8-6-7-19(17-20)18-31(23-9-4-5-15-29-26(23)34)38(35,36)22-12-10-21(28)11-13-22/h6-8,10-13,17,23H,4-5,9,14-16,18H2,1-3H3,(H,29,34)(H,30,33). The largest absolute Gasteiger partial charge is 0.460 e. The molecule has 1 unspecified atom stereocenters. The Bertz CT molecular complexity index is 1260. The van der Waals surface area contributed by atoms with E-state index in [1.807, 2.05) is 0 Å². The average Bonchev–Trinajstić information content (AvgIpc) is 3.05. The van der Waals surface area contributed by atoms with Crippen molar-refractivity contribution in [2.45, 2.75) is 69.5 Å². The maximum Gasteiger partial charge on any atom is 0.308 e. The number of benzene rings is 2. The molecule has 3 rings (SSSR count). The number of hydrogen-bond acceptors (Lipinski definition) is 6. The molecule has 0 aromatic heterocycles. The van der Waals surface area contributed by atoms with E-state index in [0.717, 1.165) is 6.42 Å². The van der Waals surface area contributed by atoms with Crippen LogP contribution >= 0.6 is 11.6 Å². The Morgan fingerprint density at radius 3 is 2.53 bits per heavy atom. The zero-order chi connectivity index (χ0) is 27.9. The van der Waals surface area contributed by atoms with Crippen LogP contribution in [0.25, 0.3) is 0 Å². The van der Waals surface area contributed by atoms with E-state index >= 15 is 0 Å². The van der Waals surface area contributed by atoms with Crippen LogP contribution in [0, 0.1) is 0 Å². The topological polar surface area (TPSA) is 122 Å². The van der Waals surface area contributed by atoms with Gasteiger partial charge in [-0.05, 0) is 82.0 Å². The molecule has 0 spiro atoms. The molecule has 0 bridgehead atoms. The monoisotopic (exact) mass is 563 g/mol. The van der Waals surface area contributed by atoms with Gasteiger partial charge in [0.15, 0.2) is 0 Å². The van der Waals surface area contributed by atoms with Crippen molar-refractivity contribution in [3.63, 3.8) is 0 Å². The number of ether oxygens (including phenoxy) is 1. The molecule has 2 N–H and O–H groups in total. The molecule has 38 heavy (non-hydrogen) atoms. The lowest BCUT2D eigenvalue weighted by atomic mass is 10.1. The van der Waals surface area contributed by atoms with E-state index in [2.05, 4.69) is 10.6 Å². The van der Waals surface area contributed by atoms with Gasteiger partial charge in [-0.1, -0.05) is 23.7 Å². The van der Waals surface area contributed by atoms with E-state index in [-0.39, 0.29) is 30.3 Å². The highest BCUT2D eigenvalue weighted by molar-refractivity contribution is 7.89. The van der Waals surface area contributed by atoms with Gasteiger partial charge in [-0.2, -0.15) is 4.31 Å². The number of hydrogen-bond donors (Lipinski definition) is 2. The third-order valence-corrected chi connectivity index (χ3v) is 7.96. The van der Waals surface area contributed by atoms with Gasteiger partial charge in [-0.15, -0.1) is 0 Å². The number of nitrogens with zero attached hydrogens (tertiary/aromatic N) is 1. The summed E-state index contributed by atoms with van der Waals surface area (Å²) < 4.78 is 33.9. The summed E-state index contributed by atoms with van der Waals surface area (Å²) in [4.78, 5) is 37.5. The first-order valence-corrected chi connectivity index (χ1v) is 14.3. The molecule has 1 heterocycles. The quantitative estimate of drug-likeness (QED) is 0.449. The Kier molecular flexibility index (Phi) is 9.92. The van der Waals surface area contributed by atoms with E-state index in [1.165, 1.54) is 28.6 Å². The Balaban J connectivity index is 1.80. The molecule has 2 aromatic rings. The lowest BCUT2D eigenvalue weighted by molar-refractivity contribution is -0.154. The molecule has 1 aliphatic rings. The van der Waals surface area contributed by atoms with E-state index in [0.29, 0.717) is 35.5 Å². The van der Waals surface area contributed by atoms with Crippen LogP contribution in [0.3, 0.4) is 0 Å². The second kappa shape index (κ2) is 12.7. The molecule has 2 amide bonds. The highest BCUT2D eigenvalue weighted by atomic mass is 35.5. The highest BCUT2D eigenvalue weighted by Gasteiger charge is 2.36. The van der Waals surface area contributed by atoms with Crippen LogP contribution in [-0.4, -0.2) is 55.2 Å². The molecule has 206 valence electrons. The van der Waals surface area contributed by atoms with Crippen LogP contribution in [0.1, 0.15) is 62.4 Å². The summed E-state index contributed by atoms with van der Waals surface area (Å²) >= 11 is 5.96. The second-order valence-corrected chi connectivity index (χ2v) is 12.4. The van der Waals surface area contributed by atoms with Crippen LogP contribution in [0.15, 0.2) is 53.4 Å². The molecule has 9 nitrogen and oxygen atoms in total. The van der Waals surface area contributed by atoms with Gasteiger partial charge in [0, 0.05) is 30.2 Å². The fourth-order valence-electron chi connectivity index (χ4n) is 4.07. The number of carbonyl (C=O) groups is 3. The van der Waals surface area contributed by atoms with E-state index in [4.69, 9.17) is 16.3 Å². The molecule has 1 atom stereocenters. The van der Waals surface area contributed by atoms with Crippen LogP contribution < -0.4 is 10.6 Å². The molecule has 2 aromatic carbocycles. The number of esters is 1. The van der Waals surface area contributed by atoms with Gasteiger partial charge in [0.2, 0.25) is 15.9 Å². The molecular formula is C27H34ClN3O6S. The van der Waals surface area contributed by atoms with Gasteiger partial charge in [-0.25, -0.2) is 8.42 Å². The first kappa shape index (κ1) is 29.6. The number of amides is 2. The zero-order valence-electron chi connectivity index (χ0n) is 21.8. The van der Waals surface area contributed by atoms with Crippen molar-refractivity contribution in [1.82, 2.24) is 14.9 Å². The van der Waals surface area contributed by atoms with Gasteiger partial charge in [0.1, 0.15) is 11.6 Å².